The third kappa shape index (κ3) is 6.61. The zero-order valence-corrected chi connectivity index (χ0v) is 27.4. The average molecular weight is 636 g/mol. The predicted molar refractivity (Wildman–Crippen MR) is 175 cm³/mol. The largest absolute Gasteiger partial charge is 0.493 e. The number of rotatable bonds is 11. The number of nitrogens with one attached hydrogen (secondary N) is 3. The number of hydrogen-bond donors (Lipinski definition) is 3. The van der Waals surface area contributed by atoms with Gasteiger partial charge in [0.2, 0.25) is 28.1 Å². The molecule has 2 aromatic carbocycles. The molecule has 3 atom stereocenters. The molecule has 3 N–H and O–H groups in total. The minimum atomic E-state index is -0.710. The van der Waals surface area contributed by atoms with Crippen molar-refractivity contribution in [3.63, 3.8) is 0 Å². The Balaban J connectivity index is 1.56. The number of ether oxygens (including phenoxy) is 3. The first kappa shape index (κ1) is 32.2. The van der Waals surface area contributed by atoms with E-state index in [9.17, 15) is 14.4 Å². The molecule has 0 spiro atoms. The molecule has 45 heavy (non-hydrogen) atoms. The minimum absolute atomic E-state index is 0.101. The summed E-state index contributed by atoms with van der Waals surface area (Å²) in [5.41, 5.74) is 3.01. The lowest BCUT2D eigenvalue weighted by atomic mass is 9.86. The second-order valence-electron chi connectivity index (χ2n) is 11.7. The van der Waals surface area contributed by atoms with Crippen LogP contribution in [0.5, 0.6) is 17.2 Å². The van der Waals surface area contributed by atoms with E-state index in [1.807, 2.05) is 26.0 Å². The molecule has 1 fully saturated rings. The molecule has 0 aliphatic heterocycles. The number of hydrogen-bond acceptors (Lipinski definition) is 10. The van der Waals surface area contributed by atoms with Gasteiger partial charge in [-0.15, -0.1) is 10.2 Å². The Bertz CT molecular complexity index is 1640. The molecular formula is C33H41N5O6S. The van der Waals surface area contributed by atoms with Crippen molar-refractivity contribution in [3.05, 3.63) is 50.6 Å². The molecule has 1 saturated carbocycles. The first-order chi connectivity index (χ1) is 21.7. The molecule has 0 saturated heterocycles. The number of nitrogens with zero attached hydrogens (tertiary/aromatic N) is 2. The Morgan fingerprint density at radius 3 is 2.42 bits per heavy atom. The van der Waals surface area contributed by atoms with Gasteiger partial charge in [-0.3, -0.25) is 19.7 Å². The number of aryl methyl sites for hydroxylation is 1. The fourth-order valence-corrected chi connectivity index (χ4v) is 6.90. The van der Waals surface area contributed by atoms with Crippen molar-refractivity contribution in [1.82, 2.24) is 15.5 Å². The van der Waals surface area contributed by atoms with Crippen LogP contribution in [0.25, 0.3) is 11.1 Å². The summed E-state index contributed by atoms with van der Waals surface area (Å²) in [5.74, 6) is 1.26. The van der Waals surface area contributed by atoms with Gasteiger partial charge in [0.15, 0.2) is 11.5 Å². The van der Waals surface area contributed by atoms with Crippen LogP contribution in [-0.2, 0) is 16.0 Å². The summed E-state index contributed by atoms with van der Waals surface area (Å²) in [6, 6.07) is 5.85. The van der Waals surface area contributed by atoms with Crippen LogP contribution in [-0.4, -0.2) is 49.4 Å². The lowest BCUT2D eigenvalue weighted by Gasteiger charge is -2.23. The molecule has 0 radical (unpaired) electrons. The van der Waals surface area contributed by atoms with E-state index in [1.54, 1.807) is 33.5 Å². The van der Waals surface area contributed by atoms with Gasteiger partial charge in [0.1, 0.15) is 11.0 Å². The number of aromatic nitrogens is 2. The summed E-state index contributed by atoms with van der Waals surface area (Å²) in [4.78, 5) is 39.7. The van der Waals surface area contributed by atoms with Crippen LogP contribution in [0, 0.1) is 5.92 Å². The topological polar surface area (TPSA) is 141 Å². The highest BCUT2D eigenvalue weighted by atomic mass is 32.1. The molecule has 12 heteroatoms. The van der Waals surface area contributed by atoms with E-state index in [1.165, 1.54) is 24.7 Å². The maximum atomic E-state index is 13.9. The monoisotopic (exact) mass is 635 g/mol. The van der Waals surface area contributed by atoms with E-state index in [0.29, 0.717) is 58.7 Å². The third-order valence-corrected chi connectivity index (χ3v) is 9.85. The molecule has 2 amide bonds. The van der Waals surface area contributed by atoms with E-state index < -0.39 is 12.1 Å². The third-order valence-electron chi connectivity index (χ3n) is 8.85. The average Bonchev–Trinajstić information content (AvgIpc) is 3.31. The quantitative estimate of drug-likeness (QED) is 0.251. The van der Waals surface area contributed by atoms with Crippen molar-refractivity contribution in [2.75, 3.05) is 32.0 Å². The van der Waals surface area contributed by atoms with Gasteiger partial charge in [0.25, 0.3) is 0 Å². The van der Waals surface area contributed by atoms with Crippen LogP contribution < -0.4 is 35.6 Å². The number of carbonyl (C=O) groups excluding carboxylic acids is 2. The number of amides is 2. The van der Waals surface area contributed by atoms with Crippen molar-refractivity contribution >= 4 is 34.0 Å². The highest BCUT2D eigenvalue weighted by Gasteiger charge is 2.31. The number of anilines is 2. The number of carbonyl (C=O) groups is 2. The van der Waals surface area contributed by atoms with Gasteiger partial charge < -0.3 is 24.8 Å². The standard InChI is InChI=1S/C33H41N5O6S/c1-7-17(2)28(31(41)36-33-38-37-32(45-33)19-9-8-10-19)35-24-14-12-21-22(16-25(24)40)23(34-18(3)39)13-11-20-15-26(42-4)29(43-5)30(44-6)27(20)21/h12,14-17,19,23,28H,7-11,13H2,1-6H3,(H,34,39)(H,35,40)(H,36,38,41). The summed E-state index contributed by atoms with van der Waals surface area (Å²) in [6.45, 7) is 5.43. The Morgan fingerprint density at radius 2 is 1.80 bits per heavy atom. The van der Waals surface area contributed by atoms with Gasteiger partial charge >= 0.3 is 0 Å². The van der Waals surface area contributed by atoms with Gasteiger partial charge in [-0.1, -0.05) is 44.1 Å². The molecule has 3 aromatic rings. The minimum Gasteiger partial charge on any atom is -0.493 e. The van der Waals surface area contributed by atoms with Crippen molar-refractivity contribution in [2.45, 2.75) is 77.3 Å². The van der Waals surface area contributed by atoms with Crippen LogP contribution in [0.3, 0.4) is 0 Å². The van der Waals surface area contributed by atoms with Crippen LogP contribution >= 0.6 is 11.3 Å². The van der Waals surface area contributed by atoms with Crippen LogP contribution in [0.2, 0.25) is 0 Å². The summed E-state index contributed by atoms with van der Waals surface area (Å²) in [5, 5.41) is 19.1. The number of fused-ring (bicyclic) bond motifs is 3. The fraction of sp³-hybridized carbons (Fsp3) is 0.485. The molecule has 11 nitrogen and oxygen atoms in total. The number of methoxy groups -OCH3 is 3. The van der Waals surface area contributed by atoms with Crippen LogP contribution in [0.4, 0.5) is 10.8 Å². The summed E-state index contributed by atoms with van der Waals surface area (Å²) >= 11 is 1.41. The van der Waals surface area contributed by atoms with Crippen molar-refractivity contribution in [1.29, 1.82) is 0 Å². The Labute approximate surface area is 267 Å². The molecule has 5 rings (SSSR count). The molecule has 240 valence electrons. The fourth-order valence-electron chi connectivity index (χ4n) is 5.98. The van der Waals surface area contributed by atoms with Crippen molar-refractivity contribution in [2.24, 2.45) is 5.92 Å². The van der Waals surface area contributed by atoms with Crippen LogP contribution in [0.15, 0.2) is 29.1 Å². The Hall–Kier alpha value is -4.19. The van der Waals surface area contributed by atoms with E-state index in [4.69, 9.17) is 14.2 Å². The van der Waals surface area contributed by atoms with E-state index in [2.05, 4.69) is 26.1 Å². The normalized spacial score (nSPS) is 17.0. The molecular weight excluding hydrogens is 594 g/mol. The highest BCUT2D eigenvalue weighted by molar-refractivity contribution is 7.15. The predicted octanol–water partition coefficient (Wildman–Crippen LogP) is 5.45. The molecule has 2 aliphatic rings. The van der Waals surface area contributed by atoms with Crippen LogP contribution in [0.1, 0.15) is 81.0 Å². The van der Waals surface area contributed by atoms with Gasteiger partial charge in [0.05, 0.1) is 33.1 Å². The zero-order valence-electron chi connectivity index (χ0n) is 26.6. The van der Waals surface area contributed by atoms with E-state index >= 15 is 0 Å². The number of benzene rings is 1. The van der Waals surface area contributed by atoms with Gasteiger partial charge in [-0.05, 0) is 66.5 Å². The lowest BCUT2D eigenvalue weighted by Crippen LogP contribution is -2.40. The summed E-state index contributed by atoms with van der Waals surface area (Å²) in [6.07, 6.45) is 5.23. The molecule has 2 aliphatic carbocycles. The second kappa shape index (κ2) is 13.8. The van der Waals surface area contributed by atoms with Gasteiger partial charge in [-0.25, -0.2) is 0 Å². The zero-order chi connectivity index (χ0) is 32.2. The van der Waals surface area contributed by atoms with Crippen molar-refractivity contribution in [3.8, 4) is 28.4 Å². The SMILES string of the molecule is CCC(C)C(Nc1ccc2c(cc1=O)C(NC(C)=O)CCc1cc(OC)c(OC)c(OC)c1-2)C(=O)Nc1nnc(C2CCC2)s1. The molecule has 3 unspecified atom stereocenters. The van der Waals surface area contributed by atoms with E-state index in [0.717, 1.165) is 29.0 Å². The maximum Gasteiger partial charge on any atom is 0.248 e. The van der Waals surface area contributed by atoms with Crippen molar-refractivity contribution < 1.29 is 23.8 Å². The van der Waals surface area contributed by atoms with Gasteiger partial charge in [0, 0.05) is 18.4 Å². The summed E-state index contributed by atoms with van der Waals surface area (Å²) in [7, 11) is 4.67. The first-order valence-electron chi connectivity index (χ1n) is 15.4. The lowest BCUT2D eigenvalue weighted by molar-refractivity contribution is -0.120. The molecule has 1 aromatic heterocycles. The second-order valence-corrected chi connectivity index (χ2v) is 12.7. The Morgan fingerprint density at radius 1 is 1.04 bits per heavy atom. The maximum absolute atomic E-state index is 13.9. The summed E-state index contributed by atoms with van der Waals surface area (Å²) < 4.78 is 17.2. The molecule has 1 heterocycles. The molecule has 0 bridgehead atoms. The smallest absolute Gasteiger partial charge is 0.248 e. The van der Waals surface area contributed by atoms with E-state index in [-0.39, 0.29) is 28.8 Å². The first-order valence-corrected chi connectivity index (χ1v) is 16.2. The Kier molecular flexibility index (Phi) is 9.91. The van der Waals surface area contributed by atoms with Gasteiger partial charge in [-0.2, -0.15) is 0 Å². The highest BCUT2D eigenvalue weighted by Crippen LogP contribution is 2.50.